The van der Waals surface area contributed by atoms with E-state index in [0.717, 1.165) is 0 Å². The summed E-state index contributed by atoms with van der Waals surface area (Å²) in [6.07, 6.45) is 8.00. The third-order valence-electron chi connectivity index (χ3n) is 2.24. The van der Waals surface area contributed by atoms with E-state index >= 15 is 0 Å². The van der Waals surface area contributed by atoms with Gasteiger partial charge in [-0.1, -0.05) is 81.8 Å². The standard InChI is InChI=1S/C10H14.C6H10.C2H6.3CH3.Ru/c1-8(2)10-6-4-9(3)5-7-10;1-3-5-6-4-2;1-2;;;;/h4-8H,1-3H3;3-6H,1-2H3;1-2H3;3*1H3;/q;;;3*-1;+3/b;5-3-,6-4-;;;;;. The predicted octanol–water partition coefficient (Wildman–Crippen LogP) is 7.63. The van der Waals surface area contributed by atoms with Crippen LogP contribution in [0.1, 0.15) is 58.6 Å². The molecule has 0 amide bonds. The molecule has 0 aliphatic rings. The first kappa shape index (κ1) is 37.5. The Morgan fingerprint density at radius 3 is 1.32 bits per heavy atom. The van der Waals surface area contributed by atoms with Crippen molar-refractivity contribution in [3.8, 4) is 0 Å². The van der Waals surface area contributed by atoms with Crippen LogP contribution >= 0.6 is 0 Å². The van der Waals surface area contributed by atoms with E-state index in [0.29, 0.717) is 5.92 Å². The van der Waals surface area contributed by atoms with Gasteiger partial charge in [-0.15, -0.1) is 0 Å². The third kappa shape index (κ3) is 24.3. The smallest absolute Gasteiger partial charge is 0.358 e. The fourth-order valence-corrected chi connectivity index (χ4v) is 1.17. The van der Waals surface area contributed by atoms with Crippen LogP contribution in [-0.4, -0.2) is 0 Å². The molecule has 1 radical (unpaired) electrons. The molecule has 0 saturated carbocycles. The zero-order chi connectivity index (χ0) is 14.4. The number of benzene rings is 1. The summed E-state index contributed by atoms with van der Waals surface area (Å²) >= 11 is 0. The second kappa shape index (κ2) is 28.5. The Morgan fingerprint density at radius 2 is 1.09 bits per heavy atom. The van der Waals surface area contributed by atoms with Crippen molar-refractivity contribution in [3.05, 3.63) is 82.0 Å². The molecule has 0 N–H and O–H groups in total. The van der Waals surface area contributed by atoms with Gasteiger partial charge in [-0.25, -0.2) is 0 Å². The Morgan fingerprint density at radius 1 is 0.773 bits per heavy atom. The third-order valence-corrected chi connectivity index (χ3v) is 2.24. The van der Waals surface area contributed by atoms with Gasteiger partial charge in [0.25, 0.3) is 0 Å². The molecule has 1 rings (SSSR count). The summed E-state index contributed by atoms with van der Waals surface area (Å²) < 4.78 is 0. The molecule has 0 fully saturated rings. The molecule has 1 aromatic rings. The Kier molecular flexibility index (Phi) is 48.6. The summed E-state index contributed by atoms with van der Waals surface area (Å²) in [5.41, 5.74) is 2.76. The summed E-state index contributed by atoms with van der Waals surface area (Å²) in [4.78, 5) is 0. The second-order valence-corrected chi connectivity index (χ2v) is 4.12. The van der Waals surface area contributed by atoms with Crippen LogP contribution in [0, 0.1) is 29.2 Å². The first-order valence-electron chi connectivity index (χ1n) is 6.92. The molecular formula is C21H39Ru. The topological polar surface area (TPSA) is 0 Å². The zero-order valence-electron chi connectivity index (χ0n) is 16.5. The van der Waals surface area contributed by atoms with E-state index in [1.807, 2.05) is 52.0 Å². The number of aryl methyl sites for hydroxylation is 1. The average Bonchev–Trinajstić information content (AvgIpc) is 2.40. The Labute approximate surface area is 155 Å². The maximum absolute atomic E-state index is 2.21. The molecule has 0 aromatic heterocycles. The van der Waals surface area contributed by atoms with Crippen LogP contribution in [0.4, 0.5) is 0 Å². The molecule has 0 atom stereocenters. The van der Waals surface area contributed by atoms with Gasteiger partial charge in [0.1, 0.15) is 0 Å². The van der Waals surface area contributed by atoms with Gasteiger partial charge in [-0.3, -0.25) is 0 Å². The van der Waals surface area contributed by atoms with Gasteiger partial charge in [-0.05, 0) is 32.3 Å². The minimum atomic E-state index is 0. The van der Waals surface area contributed by atoms with Crippen molar-refractivity contribution in [2.45, 2.75) is 54.4 Å². The van der Waals surface area contributed by atoms with Gasteiger partial charge < -0.3 is 22.3 Å². The Hall–Kier alpha value is -0.677. The van der Waals surface area contributed by atoms with Gasteiger partial charge >= 0.3 is 19.5 Å². The normalized spacial score (nSPS) is 8.18. The molecule has 0 nitrogen and oxygen atoms in total. The quantitative estimate of drug-likeness (QED) is 0.276. The molecule has 0 aliphatic heterocycles. The average molecular weight is 393 g/mol. The van der Waals surface area contributed by atoms with E-state index < -0.39 is 0 Å². The first-order valence-corrected chi connectivity index (χ1v) is 6.92. The van der Waals surface area contributed by atoms with Crippen molar-refractivity contribution >= 4 is 0 Å². The molecule has 0 bridgehead atoms. The summed E-state index contributed by atoms with van der Waals surface area (Å²) in [5.74, 6) is 0.653. The van der Waals surface area contributed by atoms with Crippen LogP contribution in [-0.2, 0) is 19.5 Å². The summed E-state index contributed by atoms with van der Waals surface area (Å²) in [7, 11) is 0. The van der Waals surface area contributed by atoms with Crippen LogP contribution in [0.3, 0.4) is 0 Å². The van der Waals surface area contributed by atoms with E-state index in [1.54, 1.807) is 0 Å². The maximum atomic E-state index is 2.21. The predicted molar refractivity (Wildman–Crippen MR) is 105 cm³/mol. The van der Waals surface area contributed by atoms with Gasteiger partial charge in [0, 0.05) is 0 Å². The molecule has 0 aliphatic carbocycles. The summed E-state index contributed by atoms with van der Waals surface area (Å²) in [6, 6.07) is 8.71. The fraction of sp³-hybridized carbons (Fsp3) is 0.381. The van der Waals surface area contributed by atoms with E-state index in [4.69, 9.17) is 0 Å². The van der Waals surface area contributed by atoms with E-state index in [-0.39, 0.29) is 41.8 Å². The molecule has 1 aromatic carbocycles. The molecule has 131 valence electrons. The van der Waals surface area contributed by atoms with Crippen LogP contribution in [0.25, 0.3) is 0 Å². The molecule has 22 heavy (non-hydrogen) atoms. The second-order valence-electron chi connectivity index (χ2n) is 4.12. The monoisotopic (exact) mass is 393 g/mol. The van der Waals surface area contributed by atoms with Crippen molar-refractivity contribution in [1.82, 2.24) is 0 Å². The van der Waals surface area contributed by atoms with Crippen LogP contribution in [0.2, 0.25) is 0 Å². The van der Waals surface area contributed by atoms with Gasteiger partial charge in [0.2, 0.25) is 0 Å². The van der Waals surface area contributed by atoms with Crippen molar-refractivity contribution in [1.29, 1.82) is 0 Å². The molecule has 1 heteroatoms. The maximum Gasteiger partial charge on any atom is 3.00 e. The number of allylic oxidation sites excluding steroid dienone is 4. The van der Waals surface area contributed by atoms with Crippen LogP contribution in [0.15, 0.2) is 48.6 Å². The van der Waals surface area contributed by atoms with E-state index in [9.17, 15) is 0 Å². The molecule has 0 saturated heterocycles. The zero-order valence-corrected chi connectivity index (χ0v) is 18.3. The number of hydrogen-bond acceptors (Lipinski definition) is 0. The fourth-order valence-electron chi connectivity index (χ4n) is 1.17. The minimum Gasteiger partial charge on any atom is -0.358 e. The SMILES string of the molecule is C/C=C\C=C/C.CC.Cc1ccc(C(C)C)cc1.[CH3-].[CH3-].[CH3-].[Ru+3]. The van der Waals surface area contributed by atoms with Crippen molar-refractivity contribution < 1.29 is 19.5 Å². The Bertz CT molecular complexity index is 308. The minimum absolute atomic E-state index is 0. The van der Waals surface area contributed by atoms with Crippen molar-refractivity contribution in [2.24, 2.45) is 0 Å². The van der Waals surface area contributed by atoms with E-state index in [1.165, 1.54) is 11.1 Å². The van der Waals surface area contributed by atoms with E-state index in [2.05, 4.69) is 45.0 Å². The van der Waals surface area contributed by atoms with Crippen LogP contribution in [0.5, 0.6) is 0 Å². The van der Waals surface area contributed by atoms with Crippen molar-refractivity contribution in [3.63, 3.8) is 0 Å². The number of rotatable bonds is 2. The summed E-state index contributed by atoms with van der Waals surface area (Å²) in [5, 5.41) is 0. The van der Waals surface area contributed by atoms with Gasteiger partial charge in [-0.2, -0.15) is 0 Å². The molecule has 0 spiro atoms. The van der Waals surface area contributed by atoms with Gasteiger partial charge in [0.15, 0.2) is 0 Å². The molecular weight excluding hydrogens is 353 g/mol. The first-order chi connectivity index (χ1) is 8.61. The largest absolute Gasteiger partial charge is 3.00 e. The summed E-state index contributed by atoms with van der Waals surface area (Å²) in [6.45, 7) is 14.5. The molecule has 0 unspecified atom stereocenters. The van der Waals surface area contributed by atoms with Crippen LogP contribution < -0.4 is 0 Å². The van der Waals surface area contributed by atoms with Crippen molar-refractivity contribution in [2.75, 3.05) is 0 Å². The Balaban J connectivity index is -0.0000000478. The van der Waals surface area contributed by atoms with Gasteiger partial charge in [0.05, 0.1) is 0 Å². The molecule has 0 heterocycles. The number of hydrogen-bond donors (Lipinski definition) is 0.